The Bertz CT molecular complexity index is 671. The number of aryl methyl sites for hydroxylation is 2. The molecule has 0 spiro atoms. The lowest BCUT2D eigenvalue weighted by atomic mass is 10.5. The van der Waals surface area contributed by atoms with Crippen LogP contribution in [0.2, 0.25) is 0 Å². The van der Waals surface area contributed by atoms with Gasteiger partial charge in [-0.3, -0.25) is 14.3 Å². The van der Waals surface area contributed by atoms with Crippen LogP contribution in [0.25, 0.3) is 11.2 Å². The van der Waals surface area contributed by atoms with E-state index in [1.165, 1.54) is 11.6 Å². The smallest absolute Gasteiger partial charge is 0.329 e. The number of aromatic nitrogens is 4. The number of aliphatic hydroxyl groups excluding tert-OH is 1. The first-order chi connectivity index (χ1) is 8.06. The van der Waals surface area contributed by atoms with Crippen molar-refractivity contribution in [2.75, 3.05) is 18.5 Å². The van der Waals surface area contributed by atoms with Crippen LogP contribution in [0.4, 0.5) is 5.95 Å². The molecule has 0 unspecified atom stereocenters. The highest BCUT2D eigenvalue weighted by Crippen LogP contribution is 2.11. The summed E-state index contributed by atoms with van der Waals surface area (Å²) in [6.07, 6.45) is 0. The Morgan fingerprint density at radius 1 is 1.33 bits per heavy atom. The number of nitrogens with zero attached hydrogens (tertiary/aromatic N) is 3. The van der Waals surface area contributed by atoms with Gasteiger partial charge in [-0.25, -0.2) is 4.79 Å². The summed E-state index contributed by atoms with van der Waals surface area (Å²) < 4.78 is 2.81. The van der Waals surface area contributed by atoms with Crippen molar-refractivity contribution in [3.8, 4) is 0 Å². The summed E-state index contributed by atoms with van der Waals surface area (Å²) in [6, 6.07) is 0. The van der Waals surface area contributed by atoms with Crippen molar-refractivity contribution >= 4 is 34.1 Å². The van der Waals surface area contributed by atoms with Crippen molar-refractivity contribution in [2.45, 2.75) is 0 Å². The minimum atomic E-state index is -0.505. The van der Waals surface area contributed by atoms with Gasteiger partial charge >= 0.3 is 5.69 Å². The van der Waals surface area contributed by atoms with E-state index in [1.54, 1.807) is 11.6 Å². The van der Waals surface area contributed by atoms with Crippen LogP contribution in [0.1, 0.15) is 0 Å². The van der Waals surface area contributed by atoms with Gasteiger partial charge in [0.2, 0.25) is 5.95 Å². The van der Waals surface area contributed by atoms with Gasteiger partial charge in [-0.05, 0) is 0 Å². The standard InChI is InChI=1S/C9H13N5O3.BrH/c1-13-5-6(11-8(13)10-3-4-15)14(2)9(17)12-7(5)16;/h15H,3-4H2,1-2H3,(H,10,11)(H,12,16,17);1H. The van der Waals surface area contributed by atoms with Crippen LogP contribution in [-0.2, 0) is 14.1 Å². The van der Waals surface area contributed by atoms with E-state index in [0.29, 0.717) is 23.7 Å². The number of imidazole rings is 1. The minimum Gasteiger partial charge on any atom is -0.395 e. The second-order valence-electron chi connectivity index (χ2n) is 3.64. The van der Waals surface area contributed by atoms with E-state index in [0.717, 1.165) is 0 Å². The lowest BCUT2D eigenvalue weighted by Gasteiger charge is -2.02. The van der Waals surface area contributed by atoms with Crippen LogP contribution in [0.5, 0.6) is 0 Å². The fourth-order valence-corrected chi connectivity index (χ4v) is 1.63. The molecule has 2 heterocycles. The Balaban J connectivity index is 0.00000162. The molecule has 2 aromatic heterocycles. The zero-order valence-corrected chi connectivity index (χ0v) is 11.6. The van der Waals surface area contributed by atoms with Gasteiger partial charge < -0.3 is 15.0 Å². The zero-order chi connectivity index (χ0) is 12.6. The van der Waals surface area contributed by atoms with E-state index >= 15 is 0 Å². The Labute approximate surface area is 112 Å². The SMILES string of the molecule is Br.Cn1c(NCCO)nc2c1c(=O)[nH]c(=O)n2C. The molecule has 18 heavy (non-hydrogen) atoms. The second kappa shape index (κ2) is 5.36. The predicted molar refractivity (Wildman–Crippen MR) is 72.5 cm³/mol. The summed E-state index contributed by atoms with van der Waals surface area (Å²) in [6.45, 7) is 0.279. The molecule has 3 N–H and O–H groups in total. The number of aliphatic hydroxyl groups is 1. The molecule has 0 atom stereocenters. The van der Waals surface area contributed by atoms with E-state index in [9.17, 15) is 9.59 Å². The first-order valence-electron chi connectivity index (χ1n) is 5.06. The lowest BCUT2D eigenvalue weighted by molar-refractivity contribution is 0.310. The molecular formula is C9H14BrN5O3. The van der Waals surface area contributed by atoms with Crippen LogP contribution in [-0.4, -0.2) is 37.4 Å². The molecule has 0 aliphatic carbocycles. The van der Waals surface area contributed by atoms with Gasteiger partial charge in [0, 0.05) is 20.6 Å². The van der Waals surface area contributed by atoms with Crippen LogP contribution < -0.4 is 16.6 Å². The van der Waals surface area contributed by atoms with Crippen molar-refractivity contribution in [1.82, 2.24) is 19.1 Å². The summed E-state index contributed by atoms with van der Waals surface area (Å²) in [5.41, 5.74) is -0.362. The Hall–Kier alpha value is -1.61. The van der Waals surface area contributed by atoms with Crippen molar-refractivity contribution in [3.05, 3.63) is 20.8 Å². The maximum atomic E-state index is 11.7. The molecule has 0 radical (unpaired) electrons. The molecule has 0 aliphatic heterocycles. The number of H-pyrrole nitrogens is 1. The van der Waals surface area contributed by atoms with E-state index in [2.05, 4.69) is 15.3 Å². The minimum absolute atomic E-state index is 0. The molecule has 9 heteroatoms. The number of nitrogens with one attached hydrogen (secondary N) is 2. The van der Waals surface area contributed by atoms with Crippen molar-refractivity contribution in [3.63, 3.8) is 0 Å². The fourth-order valence-electron chi connectivity index (χ4n) is 1.63. The molecule has 2 aromatic rings. The quantitative estimate of drug-likeness (QED) is 0.669. The van der Waals surface area contributed by atoms with Gasteiger partial charge in [0.25, 0.3) is 5.56 Å². The highest BCUT2D eigenvalue weighted by molar-refractivity contribution is 8.93. The fraction of sp³-hybridized carbons (Fsp3) is 0.444. The highest BCUT2D eigenvalue weighted by atomic mass is 79.9. The number of hydrogen-bond donors (Lipinski definition) is 3. The number of aromatic amines is 1. The zero-order valence-electron chi connectivity index (χ0n) is 9.93. The molecule has 2 rings (SSSR count). The van der Waals surface area contributed by atoms with Gasteiger partial charge in [0.05, 0.1) is 6.61 Å². The van der Waals surface area contributed by atoms with Crippen molar-refractivity contribution in [2.24, 2.45) is 14.1 Å². The Morgan fingerprint density at radius 3 is 2.61 bits per heavy atom. The molecule has 0 bridgehead atoms. The molecule has 0 fully saturated rings. The summed E-state index contributed by atoms with van der Waals surface area (Å²) >= 11 is 0. The maximum Gasteiger partial charge on any atom is 0.329 e. The molecule has 0 aromatic carbocycles. The van der Waals surface area contributed by atoms with E-state index < -0.39 is 11.2 Å². The molecule has 0 saturated heterocycles. The normalized spacial score (nSPS) is 10.4. The molecule has 8 nitrogen and oxygen atoms in total. The van der Waals surface area contributed by atoms with Crippen LogP contribution in [0, 0.1) is 0 Å². The van der Waals surface area contributed by atoms with Gasteiger partial charge in [0.15, 0.2) is 11.2 Å². The monoisotopic (exact) mass is 319 g/mol. The molecule has 100 valence electrons. The summed E-state index contributed by atoms with van der Waals surface area (Å²) in [7, 11) is 3.19. The number of fused-ring (bicyclic) bond motifs is 1. The van der Waals surface area contributed by atoms with E-state index in [-0.39, 0.29) is 23.6 Å². The molecular weight excluding hydrogens is 306 g/mol. The van der Waals surface area contributed by atoms with Gasteiger partial charge in [-0.15, -0.1) is 17.0 Å². The van der Waals surface area contributed by atoms with Gasteiger partial charge in [-0.2, -0.15) is 4.98 Å². The third kappa shape index (κ3) is 2.18. The Kier molecular flexibility index (Phi) is 4.30. The summed E-state index contributed by atoms with van der Waals surface area (Å²) in [4.78, 5) is 29.4. The first-order valence-corrected chi connectivity index (χ1v) is 5.06. The summed E-state index contributed by atoms with van der Waals surface area (Å²) in [5, 5.41) is 11.6. The second-order valence-corrected chi connectivity index (χ2v) is 3.64. The topological polar surface area (TPSA) is 105 Å². The van der Waals surface area contributed by atoms with Gasteiger partial charge in [-0.1, -0.05) is 0 Å². The maximum absolute atomic E-state index is 11.7. The van der Waals surface area contributed by atoms with Crippen LogP contribution in [0.15, 0.2) is 9.59 Å². The average molecular weight is 320 g/mol. The largest absolute Gasteiger partial charge is 0.395 e. The molecule has 0 amide bonds. The summed E-state index contributed by atoms with van der Waals surface area (Å²) in [5.74, 6) is 0.431. The van der Waals surface area contributed by atoms with Crippen molar-refractivity contribution < 1.29 is 5.11 Å². The van der Waals surface area contributed by atoms with Gasteiger partial charge in [0.1, 0.15) is 0 Å². The van der Waals surface area contributed by atoms with Crippen LogP contribution >= 0.6 is 17.0 Å². The molecule has 0 aliphatic rings. The third-order valence-electron chi connectivity index (χ3n) is 2.53. The highest BCUT2D eigenvalue weighted by Gasteiger charge is 2.13. The van der Waals surface area contributed by atoms with Crippen LogP contribution in [0.3, 0.4) is 0 Å². The number of hydrogen-bond acceptors (Lipinski definition) is 5. The third-order valence-corrected chi connectivity index (χ3v) is 2.53. The number of anilines is 1. The predicted octanol–water partition coefficient (Wildman–Crippen LogP) is -1.06. The van der Waals surface area contributed by atoms with Crippen molar-refractivity contribution in [1.29, 1.82) is 0 Å². The van der Waals surface area contributed by atoms with E-state index in [4.69, 9.17) is 5.11 Å². The van der Waals surface area contributed by atoms with E-state index in [1.807, 2.05) is 0 Å². The molecule has 0 saturated carbocycles. The lowest BCUT2D eigenvalue weighted by Crippen LogP contribution is -2.29. The number of rotatable bonds is 3. The average Bonchev–Trinajstić information content (AvgIpc) is 2.61. The number of halogens is 1. The first kappa shape index (κ1) is 14.5. The Morgan fingerprint density at radius 2 is 2.00 bits per heavy atom.